The summed E-state index contributed by atoms with van der Waals surface area (Å²) >= 11 is 0. The van der Waals surface area contributed by atoms with Crippen LogP contribution in [0.4, 0.5) is 15.3 Å². The fourth-order valence-corrected chi connectivity index (χ4v) is 5.37. The molecule has 3 rings (SSSR count). The van der Waals surface area contributed by atoms with Gasteiger partial charge in [0.2, 0.25) is 0 Å². The van der Waals surface area contributed by atoms with Crippen LogP contribution < -0.4 is 10.6 Å². The molecule has 1 saturated carbocycles. The van der Waals surface area contributed by atoms with Gasteiger partial charge in [-0.15, -0.1) is 0 Å². The molecule has 1 aliphatic heterocycles. The Hall–Kier alpha value is -3.54. The van der Waals surface area contributed by atoms with E-state index in [4.69, 9.17) is 18.9 Å². The van der Waals surface area contributed by atoms with Gasteiger partial charge >= 0.3 is 12.2 Å². The number of rotatable bonds is 9. The lowest BCUT2D eigenvalue weighted by Crippen LogP contribution is -2.69. The molecule has 45 heavy (non-hydrogen) atoms. The number of hydrogen-bond acceptors (Lipinski definition) is 13. The summed E-state index contributed by atoms with van der Waals surface area (Å²) in [5.41, 5.74) is -1.68. The van der Waals surface area contributed by atoms with Gasteiger partial charge in [0.25, 0.3) is 5.69 Å². The number of hydrogen-bond donors (Lipinski definition) is 6. The Labute approximate surface area is 261 Å². The summed E-state index contributed by atoms with van der Waals surface area (Å²) in [5.74, 6) is 0. The Bertz CT molecular complexity index is 1220. The lowest BCUT2D eigenvalue weighted by molar-refractivity contribution is -0.384. The van der Waals surface area contributed by atoms with Crippen LogP contribution in [-0.2, 0) is 25.6 Å². The molecule has 0 bridgehead atoms. The predicted molar refractivity (Wildman–Crippen MR) is 158 cm³/mol. The smallest absolute Gasteiger partial charge is 0.410 e. The molecule has 6 N–H and O–H groups in total. The molecular weight excluding hydrogens is 596 g/mol. The fourth-order valence-electron chi connectivity index (χ4n) is 5.37. The van der Waals surface area contributed by atoms with E-state index in [2.05, 4.69) is 17.2 Å². The summed E-state index contributed by atoms with van der Waals surface area (Å²) < 4.78 is 22.2. The van der Waals surface area contributed by atoms with Gasteiger partial charge in [0.1, 0.15) is 42.2 Å². The van der Waals surface area contributed by atoms with E-state index in [1.165, 1.54) is 38.2 Å². The molecule has 0 aromatic heterocycles. The summed E-state index contributed by atoms with van der Waals surface area (Å²) in [6.45, 7) is 11.3. The zero-order valence-electron chi connectivity index (χ0n) is 26.2. The van der Waals surface area contributed by atoms with Gasteiger partial charge in [-0.25, -0.2) is 9.59 Å². The molecule has 252 valence electrons. The number of aliphatic hydroxyl groups excluding tert-OH is 3. The molecule has 1 aromatic rings. The zero-order chi connectivity index (χ0) is 33.9. The SMILES string of the molecule is C=C(C)N[C@@H]1C[C@H](NC(=O)OCc2ccc([N+](=O)[O-])cc2)[C@@H](O)[C@H](O)[C@H]1O[C@H]1OC[C@](C)(O)[C@H](N(C)C(=O)OC(C)(C)C)[C@H]1O. The van der Waals surface area contributed by atoms with Crippen LogP contribution >= 0.6 is 0 Å². The number of carbonyl (C=O) groups excluding carboxylic acids is 2. The highest BCUT2D eigenvalue weighted by Crippen LogP contribution is 2.33. The number of amides is 2. The largest absolute Gasteiger partial charge is 0.445 e. The topological polar surface area (TPSA) is 222 Å². The maximum absolute atomic E-state index is 12.8. The average molecular weight is 641 g/mol. The number of alkyl carbamates (subject to hydrolysis) is 1. The molecule has 0 radical (unpaired) electrons. The van der Waals surface area contributed by atoms with Crippen molar-refractivity contribution in [2.24, 2.45) is 0 Å². The van der Waals surface area contributed by atoms with Gasteiger partial charge in [-0.1, -0.05) is 6.58 Å². The highest BCUT2D eigenvalue weighted by atomic mass is 16.7. The first-order valence-electron chi connectivity index (χ1n) is 14.4. The van der Waals surface area contributed by atoms with Crippen molar-refractivity contribution in [3.63, 3.8) is 0 Å². The summed E-state index contributed by atoms with van der Waals surface area (Å²) in [6.07, 6.45) is -9.10. The second-order valence-corrected chi connectivity index (χ2v) is 12.7. The summed E-state index contributed by atoms with van der Waals surface area (Å²) in [5, 5.41) is 60.7. The van der Waals surface area contributed by atoms with Crippen LogP contribution in [0.3, 0.4) is 0 Å². The Morgan fingerprint density at radius 3 is 2.31 bits per heavy atom. The van der Waals surface area contributed by atoms with Gasteiger partial charge in [-0.05, 0) is 58.7 Å². The van der Waals surface area contributed by atoms with Crippen molar-refractivity contribution in [3.05, 3.63) is 52.2 Å². The number of allylic oxidation sites excluding steroid dienone is 1. The first-order valence-corrected chi connectivity index (χ1v) is 14.4. The van der Waals surface area contributed by atoms with E-state index in [-0.39, 0.29) is 25.3 Å². The van der Waals surface area contributed by atoms with E-state index in [0.717, 1.165) is 4.90 Å². The second kappa shape index (κ2) is 14.3. The van der Waals surface area contributed by atoms with Crippen molar-refractivity contribution in [2.45, 2.75) is 108 Å². The minimum Gasteiger partial charge on any atom is -0.445 e. The first-order chi connectivity index (χ1) is 20.8. The molecule has 0 unspecified atom stereocenters. The van der Waals surface area contributed by atoms with Crippen molar-refractivity contribution < 1.29 is 53.9 Å². The Balaban J connectivity index is 1.70. The van der Waals surface area contributed by atoms with Crippen LogP contribution in [0, 0.1) is 10.1 Å². The van der Waals surface area contributed by atoms with Crippen LogP contribution in [0.2, 0.25) is 0 Å². The maximum atomic E-state index is 12.8. The normalized spacial score (nSPS) is 31.8. The van der Waals surface area contributed by atoms with Crippen LogP contribution in [0.1, 0.15) is 46.6 Å². The van der Waals surface area contributed by atoms with E-state index >= 15 is 0 Å². The molecule has 16 nitrogen and oxygen atoms in total. The van der Waals surface area contributed by atoms with E-state index in [1.54, 1.807) is 27.7 Å². The monoisotopic (exact) mass is 640 g/mol. The summed E-state index contributed by atoms with van der Waals surface area (Å²) in [4.78, 5) is 36.7. The number of benzene rings is 1. The van der Waals surface area contributed by atoms with Crippen molar-refractivity contribution in [1.29, 1.82) is 0 Å². The number of nitrogens with one attached hydrogen (secondary N) is 2. The first kappa shape index (κ1) is 35.9. The Morgan fingerprint density at radius 2 is 1.76 bits per heavy atom. The quantitative estimate of drug-likeness (QED) is 0.163. The third-order valence-corrected chi connectivity index (χ3v) is 7.42. The number of non-ortho nitro benzene ring substituents is 1. The van der Waals surface area contributed by atoms with Gasteiger partial charge in [-0.3, -0.25) is 10.1 Å². The maximum Gasteiger partial charge on any atom is 0.410 e. The molecular formula is C29H44N4O12. The molecule has 9 atom stereocenters. The summed E-state index contributed by atoms with van der Waals surface area (Å²) in [7, 11) is 1.36. The van der Waals surface area contributed by atoms with Crippen molar-refractivity contribution in [2.75, 3.05) is 13.7 Å². The Kier molecular flexibility index (Phi) is 11.4. The van der Waals surface area contributed by atoms with Gasteiger partial charge in [0, 0.05) is 24.9 Å². The van der Waals surface area contributed by atoms with E-state index < -0.39 is 77.1 Å². The van der Waals surface area contributed by atoms with E-state index in [1.807, 2.05) is 0 Å². The van der Waals surface area contributed by atoms with Gasteiger partial charge < -0.3 is 54.9 Å². The van der Waals surface area contributed by atoms with Crippen LogP contribution in [-0.4, -0.2) is 116 Å². The van der Waals surface area contributed by atoms with Gasteiger partial charge in [0.15, 0.2) is 6.29 Å². The molecule has 2 fully saturated rings. The second-order valence-electron chi connectivity index (χ2n) is 12.7. The van der Waals surface area contributed by atoms with Crippen molar-refractivity contribution >= 4 is 17.9 Å². The lowest BCUT2D eigenvalue weighted by atomic mass is 9.83. The summed E-state index contributed by atoms with van der Waals surface area (Å²) in [6, 6.07) is 2.43. The van der Waals surface area contributed by atoms with E-state index in [0.29, 0.717) is 11.3 Å². The van der Waals surface area contributed by atoms with Gasteiger partial charge in [0.05, 0.1) is 29.7 Å². The number of likely N-dealkylation sites (N-methyl/N-ethyl adjacent to an activating group) is 1. The lowest BCUT2D eigenvalue weighted by Gasteiger charge is -2.50. The molecule has 1 aromatic carbocycles. The van der Waals surface area contributed by atoms with Crippen molar-refractivity contribution in [1.82, 2.24) is 15.5 Å². The van der Waals surface area contributed by atoms with Gasteiger partial charge in [-0.2, -0.15) is 0 Å². The Morgan fingerprint density at radius 1 is 1.13 bits per heavy atom. The van der Waals surface area contributed by atoms with Crippen LogP contribution in [0.15, 0.2) is 36.5 Å². The highest BCUT2D eigenvalue weighted by molar-refractivity contribution is 5.68. The molecule has 2 amide bonds. The zero-order valence-corrected chi connectivity index (χ0v) is 26.2. The molecule has 1 aliphatic carbocycles. The molecule has 1 heterocycles. The average Bonchev–Trinajstić information content (AvgIpc) is 2.92. The molecule has 1 saturated heterocycles. The number of ether oxygens (including phenoxy) is 4. The van der Waals surface area contributed by atoms with Crippen LogP contribution in [0.5, 0.6) is 0 Å². The number of aliphatic hydroxyl groups is 4. The minimum atomic E-state index is -1.70. The predicted octanol–water partition coefficient (Wildman–Crippen LogP) is 0.896. The standard InChI is InChI=1S/C29H44N4O12/c1-15(2)30-19-12-18(31-26(37)42-13-16-8-10-17(11-9-16)33(40)41)20(34)21(35)23(19)44-25-22(36)24(29(6,39)14-43-25)32(7)27(38)45-28(3,4)5/h8-11,18-25,30,34-36,39H,1,12-14H2,2-7H3,(H,31,37)/t18-,19+,20+,21-,22+,23-,24+,25+,29-/m0/s1. The third-order valence-electron chi connectivity index (χ3n) is 7.42. The number of carbonyl (C=O) groups is 2. The third kappa shape index (κ3) is 9.24. The molecule has 0 spiro atoms. The van der Waals surface area contributed by atoms with Crippen molar-refractivity contribution in [3.8, 4) is 0 Å². The number of nitro groups is 1. The van der Waals surface area contributed by atoms with Crippen LogP contribution in [0.25, 0.3) is 0 Å². The fraction of sp³-hybridized carbons (Fsp3) is 0.655. The highest BCUT2D eigenvalue weighted by Gasteiger charge is 2.53. The molecule has 16 heteroatoms. The molecule has 2 aliphatic rings. The van der Waals surface area contributed by atoms with E-state index in [9.17, 15) is 40.1 Å². The minimum absolute atomic E-state index is 0.0180. The number of nitrogens with zero attached hydrogens (tertiary/aromatic N) is 2. The number of nitro benzene ring substituents is 1.